The Morgan fingerprint density at radius 1 is 1.00 bits per heavy atom. The first kappa shape index (κ1) is 20.7. The number of thiophene rings is 1. The van der Waals surface area contributed by atoms with E-state index in [1.807, 2.05) is 35.7 Å². The number of fused-ring (bicyclic) bond motifs is 1. The van der Waals surface area contributed by atoms with Crippen LogP contribution in [-0.2, 0) is 6.54 Å². The summed E-state index contributed by atoms with van der Waals surface area (Å²) in [5.74, 6) is -0.171. The summed E-state index contributed by atoms with van der Waals surface area (Å²) in [6.07, 6.45) is 5.54. The largest absolute Gasteiger partial charge is 0.494 e. The van der Waals surface area contributed by atoms with Crippen molar-refractivity contribution < 1.29 is 5.11 Å². The van der Waals surface area contributed by atoms with Crippen molar-refractivity contribution in [2.24, 2.45) is 4.99 Å². The van der Waals surface area contributed by atoms with Gasteiger partial charge in [-0.25, -0.2) is 0 Å². The molecule has 2 aromatic heterocycles. The van der Waals surface area contributed by atoms with Gasteiger partial charge in [0.25, 0.3) is 5.56 Å². The highest BCUT2D eigenvalue weighted by Gasteiger charge is 2.12. The number of piperidine rings is 1. The van der Waals surface area contributed by atoms with Crippen LogP contribution in [0.25, 0.3) is 21.9 Å². The molecule has 32 heavy (non-hydrogen) atoms. The fourth-order valence-corrected chi connectivity index (χ4v) is 4.94. The topological polar surface area (TPSA) is 68.7 Å². The number of pyridine rings is 1. The zero-order valence-corrected chi connectivity index (χ0v) is 18.6. The molecule has 3 heterocycles. The quantitative estimate of drug-likeness (QED) is 0.389. The zero-order valence-electron chi connectivity index (χ0n) is 17.8. The number of nitrogens with zero attached hydrogens (tertiary/aromatic N) is 2. The molecule has 2 N–H and O–H groups in total. The lowest BCUT2D eigenvalue weighted by Crippen LogP contribution is -2.28. The Balaban J connectivity index is 1.44. The monoisotopic (exact) mass is 443 g/mol. The van der Waals surface area contributed by atoms with Crippen molar-refractivity contribution in [3.8, 4) is 17.0 Å². The van der Waals surface area contributed by atoms with Gasteiger partial charge in [-0.2, -0.15) is 11.3 Å². The molecular formula is C26H25N3O2S. The summed E-state index contributed by atoms with van der Waals surface area (Å²) in [5, 5.41) is 15.8. The van der Waals surface area contributed by atoms with Gasteiger partial charge in [-0.3, -0.25) is 19.7 Å². The van der Waals surface area contributed by atoms with Crippen LogP contribution in [0.2, 0.25) is 0 Å². The minimum absolute atomic E-state index is 0.171. The number of aliphatic imine (C=N–C) groups is 1. The lowest BCUT2D eigenvalue weighted by molar-refractivity contribution is 0.221. The van der Waals surface area contributed by atoms with Crippen LogP contribution < -0.4 is 5.56 Å². The third kappa shape index (κ3) is 4.38. The number of hydrogen-bond donors (Lipinski definition) is 2. The number of H-pyrrole nitrogens is 1. The van der Waals surface area contributed by atoms with Crippen molar-refractivity contribution in [1.29, 1.82) is 0 Å². The van der Waals surface area contributed by atoms with Gasteiger partial charge < -0.3 is 5.11 Å². The maximum absolute atomic E-state index is 12.4. The van der Waals surface area contributed by atoms with E-state index in [2.05, 4.69) is 32.4 Å². The van der Waals surface area contributed by atoms with E-state index in [1.165, 1.54) is 37.9 Å². The summed E-state index contributed by atoms with van der Waals surface area (Å²) in [5.41, 5.74) is 4.37. The number of hydrogen-bond acceptors (Lipinski definition) is 5. The molecule has 0 amide bonds. The Morgan fingerprint density at radius 3 is 2.56 bits per heavy atom. The number of rotatable bonds is 5. The fraction of sp³-hybridized carbons (Fsp3) is 0.231. The van der Waals surface area contributed by atoms with Gasteiger partial charge >= 0.3 is 0 Å². The van der Waals surface area contributed by atoms with Gasteiger partial charge in [0.2, 0.25) is 5.88 Å². The van der Waals surface area contributed by atoms with Gasteiger partial charge in [-0.15, -0.1) is 0 Å². The number of aromatic nitrogens is 1. The third-order valence-electron chi connectivity index (χ3n) is 6.03. The highest BCUT2D eigenvalue weighted by molar-refractivity contribution is 7.08. The highest BCUT2D eigenvalue weighted by atomic mass is 32.1. The molecule has 0 saturated carbocycles. The van der Waals surface area contributed by atoms with Crippen molar-refractivity contribution in [2.45, 2.75) is 25.8 Å². The first-order valence-corrected chi connectivity index (χ1v) is 11.9. The zero-order chi connectivity index (χ0) is 21.9. The van der Waals surface area contributed by atoms with Gasteiger partial charge in [0.05, 0.1) is 11.3 Å². The molecule has 1 aliphatic rings. The van der Waals surface area contributed by atoms with Gasteiger partial charge in [0.1, 0.15) is 0 Å². The number of aromatic hydroxyl groups is 1. The van der Waals surface area contributed by atoms with Crippen LogP contribution in [0.15, 0.2) is 69.1 Å². The van der Waals surface area contributed by atoms with Crippen LogP contribution in [0.4, 0.5) is 5.69 Å². The molecule has 0 aliphatic carbocycles. The number of nitrogens with one attached hydrogen (secondary N) is 1. The van der Waals surface area contributed by atoms with E-state index in [1.54, 1.807) is 23.6 Å². The second-order valence-electron chi connectivity index (χ2n) is 8.25. The number of benzene rings is 2. The van der Waals surface area contributed by atoms with E-state index in [4.69, 9.17) is 0 Å². The van der Waals surface area contributed by atoms with E-state index in [9.17, 15) is 9.90 Å². The lowest BCUT2D eigenvalue weighted by Gasteiger charge is -2.26. The van der Waals surface area contributed by atoms with Crippen molar-refractivity contribution in [3.63, 3.8) is 0 Å². The molecule has 5 rings (SSSR count). The minimum Gasteiger partial charge on any atom is -0.494 e. The maximum Gasteiger partial charge on any atom is 0.258 e. The van der Waals surface area contributed by atoms with Crippen LogP contribution in [0.3, 0.4) is 0 Å². The van der Waals surface area contributed by atoms with E-state index in [0.29, 0.717) is 16.3 Å². The molecule has 1 fully saturated rings. The molecule has 6 heteroatoms. The lowest BCUT2D eigenvalue weighted by atomic mass is 10.0. The molecule has 0 radical (unpaired) electrons. The predicted molar refractivity (Wildman–Crippen MR) is 132 cm³/mol. The third-order valence-corrected chi connectivity index (χ3v) is 6.71. The molecule has 1 saturated heterocycles. The van der Waals surface area contributed by atoms with E-state index < -0.39 is 0 Å². The summed E-state index contributed by atoms with van der Waals surface area (Å²) in [4.78, 5) is 22.0. The Hall–Kier alpha value is -3.22. The summed E-state index contributed by atoms with van der Waals surface area (Å²) >= 11 is 1.62. The molecule has 2 aromatic carbocycles. The fourth-order valence-electron chi connectivity index (χ4n) is 4.28. The van der Waals surface area contributed by atoms with Crippen LogP contribution in [0.1, 0.15) is 30.4 Å². The normalized spacial score (nSPS) is 15.0. The molecule has 0 atom stereocenters. The molecule has 4 aromatic rings. The Morgan fingerprint density at radius 2 is 1.81 bits per heavy atom. The van der Waals surface area contributed by atoms with Gasteiger partial charge in [0, 0.05) is 23.5 Å². The van der Waals surface area contributed by atoms with Crippen molar-refractivity contribution in [3.05, 3.63) is 80.8 Å². The average molecular weight is 444 g/mol. The van der Waals surface area contributed by atoms with Crippen LogP contribution in [0, 0.1) is 0 Å². The second-order valence-corrected chi connectivity index (χ2v) is 9.03. The standard InChI is InChI=1S/C26H25N3O2S/c30-25-22-9-6-19(20-10-13-32-17-20)14-23(22)24(26(31)28-25)15-27-21-7-4-18(5-8-21)16-29-11-2-1-3-12-29/h4-10,13-15,17H,1-3,11-12,16H2,(H2,28,30,31). The van der Waals surface area contributed by atoms with E-state index in [0.717, 1.165) is 23.4 Å². The summed E-state index contributed by atoms with van der Waals surface area (Å²) in [6.45, 7) is 3.32. The number of likely N-dealkylation sites (tertiary alicyclic amines) is 1. The smallest absolute Gasteiger partial charge is 0.258 e. The summed E-state index contributed by atoms with van der Waals surface area (Å²) < 4.78 is 0. The van der Waals surface area contributed by atoms with Crippen molar-refractivity contribution in [2.75, 3.05) is 13.1 Å². The highest BCUT2D eigenvalue weighted by Crippen LogP contribution is 2.29. The van der Waals surface area contributed by atoms with E-state index >= 15 is 0 Å². The van der Waals surface area contributed by atoms with Crippen molar-refractivity contribution in [1.82, 2.24) is 9.88 Å². The van der Waals surface area contributed by atoms with Crippen LogP contribution >= 0.6 is 11.3 Å². The van der Waals surface area contributed by atoms with Gasteiger partial charge in [-0.1, -0.05) is 24.6 Å². The molecule has 5 nitrogen and oxygen atoms in total. The maximum atomic E-state index is 12.4. The second kappa shape index (κ2) is 9.10. The molecular weight excluding hydrogens is 418 g/mol. The van der Waals surface area contributed by atoms with Crippen LogP contribution in [0.5, 0.6) is 5.88 Å². The Kier molecular flexibility index (Phi) is 5.88. The minimum atomic E-state index is -0.311. The average Bonchev–Trinajstić information content (AvgIpc) is 3.35. The predicted octanol–water partition coefficient (Wildman–Crippen LogP) is 5.70. The molecule has 0 spiro atoms. The molecule has 162 valence electrons. The SMILES string of the molecule is O=c1[nH]c(O)c(C=Nc2ccc(CN3CCCCC3)cc2)c2cc(-c3ccsc3)ccc12. The van der Waals surface area contributed by atoms with Crippen LogP contribution in [-0.4, -0.2) is 34.3 Å². The van der Waals surface area contributed by atoms with Crippen molar-refractivity contribution >= 4 is 34.0 Å². The van der Waals surface area contributed by atoms with Gasteiger partial charge in [0.15, 0.2) is 0 Å². The van der Waals surface area contributed by atoms with E-state index in [-0.39, 0.29) is 11.4 Å². The Labute approximate surface area is 190 Å². The summed E-state index contributed by atoms with van der Waals surface area (Å²) in [6, 6.07) is 15.9. The molecule has 0 unspecified atom stereocenters. The Bertz CT molecular complexity index is 1300. The molecule has 0 bridgehead atoms. The first-order valence-electron chi connectivity index (χ1n) is 10.9. The molecule has 1 aliphatic heterocycles. The van der Waals surface area contributed by atoms with Gasteiger partial charge in [-0.05, 0) is 83.7 Å². The number of aromatic amines is 1. The first-order chi connectivity index (χ1) is 15.7. The summed E-state index contributed by atoms with van der Waals surface area (Å²) in [7, 11) is 0.